The number of fused-ring (bicyclic) bond motifs is 3. The van der Waals surface area contributed by atoms with E-state index in [4.69, 9.17) is 9.47 Å². The number of nitro groups is 1. The van der Waals surface area contributed by atoms with Crippen LogP contribution in [0, 0.1) is 23.0 Å². The number of methoxy groups -OCH3 is 1. The van der Waals surface area contributed by atoms with Gasteiger partial charge in [-0.3, -0.25) is 10.1 Å². The van der Waals surface area contributed by atoms with Gasteiger partial charge in [0, 0.05) is 18.1 Å². The van der Waals surface area contributed by atoms with Crippen molar-refractivity contribution in [1.29, 1.82) is 0 Å². The van der Waals surface area contributed by atoms with E-state index < -0.39 is 4.92 Å². The Kier molecular flexibility index (Phi) is 5.50. The van der Waals surface area contributed by atoms with Crippen LogP contribution in [-0.2, 0) is 6.61 Å². The molecule has 0 spiro atoms. The summed E-state index contributed by atoms with van der Waals surface area (Å²) in [7, 11) is 1.72. The van der Waals surface area contributed by atoms with Crippen molar-refractivity contribution in [3.63, 3.8) is 0 Å². The van der Waals surface area contributed by atoms with E-state index in [-0.39, 0.29) is 11.7 Å². The van der Waals surface area contributed by atoms with Crippen molar-refractivity contribution in [2.75, 3.05) is 12.4 Å². The first-order valence-corrected chi connectivity index (χ1v) is 11.1. The molecule has 5 rings (SSSR count). The monoisotopic (exact) mass is 442 g/mol. The van der Waals surface area contributed by atoms with E-state index in [9.17, 15) is 10.1 Å². The smallest absolute Gasteiger partial charge is 0.269 e. The molecule has 0 amide bonds. The predicted molar refractivity (Wildman–Crippen MR) is 128 cm³/mol. The summed E-state index contributed by atoms with van der Waals surface area (Å²) >= 11 is 0. The Bertz CT molecular complexity index is 1200. The highest BCUT2D eigenvalue weighted by Crippen LogP contribution is 2.53. The number of nitrogens with zero attached hydrogens (tertiary/aromatic N) is 1. The summed E-state index contributed by atoms with van der Waals surface area (Å²) in [6, 6.07) is 19.0. The maximum Gasteiger partial charge on any atom is 0.269 e. The maximum atomic E-state index is 10.8. The molecule has 1 aliphatic heterocycles. The Morgan fingerprint density at radius 2 is 1.82 bits per heavy atom. The van der Waals surface area contributed by atoms with Crippen molar-refractivity contribution in [1.82, 2.24) is 0 Å². The summed E-state index contributed by atoms with van der Waals surface area (Å²) in [5.74, 6) is 2.47. The molecule has 3 atom stereocenters. The zero-order chi connectivity index (χ0) is 22.9. The van der Waals surface area contributed by atoms with Gasteiger partial charge < -0.3 is 14.8 Å². The van der Waals surface area contributed by atoms with Gasteiger partial charge in [0.15, 0.2) is 0 Å². The van der Waals surface area contributed by atoms with Gasteiger partial charge in [-0.1, -0.05) is 30.4 Å². The van der Waals surface area contributed by atoms with Crippen molar-refractivity contribution >= 4 is 11.4 Å². The van der Waals surface area contributed by atoms with Gasteiger partial charge >= 0.3 is 0 Å². The zero-order valence-electron chi connectivity index (χ0n) is 18.7. The SMILES string of the molecule is COc1ccc(C)c2c1N[C@H](c1ccc(OCc3ccc([N+](=O)[O-])cc3)cc1)[C@@H]1CC=C[C@H]21. The molecule has 0 bridgehead atoms. The van der Waals surface area contributed by atoms with E-state index in [1.807, 2.05) is 18.2 Å². The van der Waals surface area contributed by atoms with Crippen molar-refractivity contribution in [2.45, 2.75) is 31.9 Å². The number of benzene rings is 3. The Morgan fingerprint density at radius 1 is 1.06 bits per heavy atom. The molecule has 3 aromatic carbocycles. The van der Waals surface area contributed by atoms with Crippen molar-refractivity contribution < 1.29 is 14.4 Å². The predicted octanol–water partition coefficient (Wildman–Crippen LogP) is 6.32. The van der Waals surface area contributed by atoms with E-state index >= 15 is 0 Å². The molecule has 0 unspecified atom stereocenters. The first-order chi connectivity index (χ1) is 16.0. The standard InChI is InChI=1S/C27H26N2O4/c1-17-6-15-24(32-2)27-25(17)22-4-3-5-23(22)26(28-27)19-9-13-21(14-10-19)33-16-18-7-11-20(12-8-18)29(30)31/h3-4,6-15,22-23,26,28H,5,16H2,1-2H3/t22-,23+,26+/m0/s1. The van der Waals surface area contributed by atoms with Crippen LogP contribution in [0.4, 0.5) is 11.4 Å². The number of hydrogen-bond donors (Lipinski definition) is 1. The van der Waals surface area contributed by atoms with Crippen LogP contribution in [0.1, 0.15) is 40.6 Å². The lowest BCUT2D eigenvalue weighted by molar-refractivity contribution is -0.384. The molecule has 3 aromatic rings. The van der Waals surface area contributed by atoms with Gasteiger partial charge in [0.1, 0.15) is 18.1 Å². The van der Waals surface area contributed by atoms with Crippen molar-refractivity contribution in [3.8, 4) is 11.5 Å². The fourth-order valence-electron chi connectivity index (χ4n) is 5.02. The summed E-state index contributed by atoms with van der Waals surface area (Å²) < 4.78 is 11.6. The number of anilines is 1. The van der Waals surface area contributed by atoms with Crippen LogP contribution in [0.15, 0.2) is 72.8 Å². The molecular weight excluding hydrogens is 416 g/mol. The molecule has 6 heteroatoms. The Morgan fingerprint density at radius 3 is 2.52 bits per heavy atom. The lowest BCUT2D eigenvalue weighted by Crippen LogP contribution is -2.30. The first kappa shape index (κ1) is 21.1. The number of nitrogens with one attached hydrogen (secondary N) is 1. The van der Waals surface area contributed by atoms with Crippen LogP contribution in [-0.4, -0.2) is 12.0 Å². The largest absolute Gasteiger partial charge is 0.495 e. The minimum Gasteiger partial charge on any atom is -0.495 e. The van der Waals surface area contributed by atoms with E-state index in [0.29, 0.717) is 18.4 Å². The third-order valence-corrected chi connectivity index (χ3v) is 6.71. The highest BCUT2D eigenvalue weighted by molar-refractivity contribution is 5.69. The van der Waals surface area contributed by atoms with Gasteiger partial charge in [0.2, 0.25) is 0 Å². The third-order valence-electron chi connectivity index (χ3n) is 6.71. The summed E-state index contributed by atoms with van der Waals surface area (Å²) in [5.41, 5.74) is 5.90. The van der Waals surface area contributed by atoms with E-state index in [1.165, 1.54) is 28.8 Å². The van der Waals surface area contributed by atoms with Crippen LogP contribution in [0.5, 0.6) is 11.5 Å². The van der Waals surface area contributed by atoms with E-state index in [1.54, 1.807) is 19.2 Å². The molecule has 0 saturated carbocycles. The first-order valence-electron chi connectivity index (χ1n) is 11.1. The average molecular weight is 443 g/mol. The van der Waals surface area contributed by atoms with Crippen molar-refractivity contribution in [2.24, 2.45) is 5.92 Å². The summed E-state index contributed by atoms with van der Waals surface area (Å²) in [5, 5.41) is 14.6. The molecular formula is C27H26N2O4. The normalized spacial score (nSPS) is 20.5. The molecule has 1 aliphatic carbocycles. The van der Waals surface area contributed by atoms with Crippen molar-refractivity contribution in [3.05, 3.63) is 105 Å². The minimum absolute atomic E-state index is 0.0798. The van der Waals surface area contributed by atoms with Crippen LogP contribution in [0.25, 0.3) is 0 Å². The number of rotatable bonds is 6. The lowest BCUT2D eigenvalue weighted by Gasteiger charge is -2.39. The summed E-state index contributed by atoms with van der Waals surface area (Å²) in [6.45, 7) is 2.53. The van der Waals surface area contributed by atoms with Gasteiger partial charge in [-0.25, -0.2) is 0 Å². The van der Waals surface area contributed by atoms with Crippen LogP contribution >= 0.6 is 0 Å². The topological polar surface area (TPSA) is 73.6 Å². The number of aryl methyl sites for hydroxylation is 1. The second-order valence-corrected chi connectivity index (χ2v) is 8.63. The minimum atomic E-state index is -0.400. The van der Waals surface area contributed by atoms with Gasteiger partial charge in [-0.2, -0.15) is 0 Å². The quantitative estimate of drug-likeness (QED) is 0.275. The van der Waals surface area contributed by atoms with Gasteiger partial charge in [-0.15, -0.1) is 0 Å². The highest BCUT2D eigenvalue weighted by atomic mass is 16.6. The average Bonchev–Trinajstić information content (AvgIpc) is 3.33. The van der Waals surface area contributed by atoms with E-state index in [2.05, 4.69) is 42.6 Å². The second-order valence-electron chi connectivity index (χ2n) is 8.63. The van der Waals surface area contributed by atoms with Crippen LogP contribution in [0.3, 0.4) is 0 Å². The van der Waals surface area contributed by atoms with E-state index in [0.717, 1.165) is 29.2 Å². The number of allylic oxidation sites excluding steroid dienone is 2. The van der Waals surface area contributed by atoms with Crippen LogP contribution < -0.4 is 14.8 Å². The molecule has 1 N–H and O–H groups in total. The van der Waals surface area contributed by atoms with Gasteiger partial charge in [0.25, 0.3) is 5.69 Å². The summed E-state index contributed by atoms with van der Waals surface area (Å²) in [6.07, 6.45) is 5.67. The molecule has 33 heavy (non-hydrogen) atoms. The molecule has 2 aliphatic rings. The number of nitro benzene ring substituents is 1. The Balaban J connectivity index is 1.34. The fourth-order valence-corrected chi connectivity index (χ4v) is 5.02. The lowest BCUT2D eigenvalue weighted by atomic mass is 9.75. The fraction of sp³-hybridized carbons (Fsp3) is 0.259. The molecule has 0 aromatic heterocycles. The van der Waals surface area contributed by atoms with Gasteiger partial charge in [-0.05, 0) is 71.8 Å². The zero-order valence-corrected chi connectivity index (χ0v) is 18.7. The second kappa shape index (κ2) is 8.62. The molecule has 0 saturated heterocycles. The van der Waals surface area contributed by atoms with Gasteiger partial charge in [0.05, 0.1) is 23.8 Å². The highest BCUT2D eigenvalue weighted by Gasteiger charge is 2.39. The molecule has 0 radical (unpaired) electrons. The Labute approximate surface area is 193 Å². The number of non-ortho nitro benzene ring substituents is 1. The Hall–Kier alpha value is -3.80. The number of hydrogen-bond acceptors (Lipinski definition) is 5. The maximum absolute atomic E-state index is 10.8. The molecule has 6 nitrogen and oxygen atoms in total. The molecule has 168 valence electrons. The number of ether oxygens (including phenoxy) is 2. The molecule has 1 heterocycles. The third kappa shape index (κ3) is 3.93. The molecule has 0 fully saturated rings. The summed E-state index contributed by atoms with van der Waals surface area (Å²) in [4.78, 5) is 10.4. The van der Waals surface area contributed by atoms with Crippen LogP contribution in [0.2, 0.25) is 0 Å².